The van der Waals surface area contributed by atoms with E-state index < -0.39 is 5.60 Å². The fourth-order valence-corrected chi connectivity index (χ4v) is 3.51. The first-order valence-electron chi connectivity index (χ1n) is 9.63. The number of anilines is 1. The minimum atomic E-state index is -0.515. The fourth-order valence-electron chi connectivity index (χ4n) is 3.51. The van der Waals surface area contributed by atoms with Crippen molar-refractivity contribution in [2.24, 2.45) is 16.1 Å². The average molecular weight is 397 g/mol. The van der Waals surface area contributed by atoms with Crippen molar-refractivity contribution in [3.05, 3.63) is 53.6 Å². The van der Waals surface area contributed by atoms with Gasteiger partial charge in [0.1, 0.15) is 11.4 Å². The number of halogens is 1. The van der Waals surface area contributed by atoms with Crippen molar-refractivity contribution in [2.45, 2.75) is 32.8 Å². The van der Waals surface area contributed by atoms with E-state index in [1.165, 1.54) is 12.1 Å². The number of hydrogen-bond acceptors (Lipinski definition) is 6. The van der Waals surface area contributed by atoms with Crippen molar-refractivity contribution in [1.82, 2.24) is 10.3 Å². The first-order chi connectivity index (χ1) is 13.8. The molecule has 0 aromatic heterocycles. The highest BCUT2D eigenvalue weighted by atomic mass is 19.1. The first-order valence-corrected chi connectivity index (χ1v) is 9.63. The molecule has 3 aliphatic rings. The average Bonchev–Trinajstić information content (AvgIpc) is 3.39. The summed E-state index contributed by atoms with van der Waals surface area (Å²) in [5.74, 6) is -0.175. The molecule has 152 valence electrons. The van der Waals surface area contributed by atoms with Crippen LogP contribution in [-0.4, -0.2) is 41.6 Å². The van der Waals surface area contributed by atoms with Crippen molar-refractivity contribution in [3.8, 4) is 0 Å². The van der Waals surface area contributed by atoms with Crippen molar-refractivity contribution in [3.63, 3.8) is 0 Å². The van der Waals surface area contributed by atoms with E-state index in [4.69, 9.17) is 4.74 Å². The van der Waals surface area contributed by atoms with Gasteiger partial charge < -0.3 is 9.64 Å². The normalized spacial score (nSPS) is 23.6. The van der Waals surface area contributed by atoms with E-state index in [0.29, 0.717) is 13.1 Å². The number of nitrogens with one attached hydrogen (secondary N) is 1. The summed E-state index contributed by atoms with van der Waals surface area (Å²) in [7, 11) is 0. The predicted octanol–water partition coefficient (Wildman–Crippen LogP) is 3.62. The quantitative estimate of drug-likeness (QED) is 0.828. The number of ether oxygens (including phenoxy) is 1. The number of rotatable bonds is 2. The predicted molar refractivity (Wildman–Crippen MR) is 110 cm³/mol. The smallest absolute Gasteiger partial charge is 0.410 e. The number of likely N-dealkylation sites (tertiary alicyclic amines) is 1. The molecule has 1 amide bonds. The second-order valence-electron chi connectivity index (χ2n) is 8.24. The fraction of sp³-hybridized carbons (Fsp3) is 0.381. The van der Waals surface area contributed by atoms with Gasteiger partial charge in [0.25, 0.3) is 0 Å². The third-order valence-corrected chi connectivity index (χ3v) is 4.88. The Morgan fingerprint density at radius 2 is 2.03 bits per heavy atom. The Morgan fingerprint density at radius 1 is 1.28 bits per heavy atom. The Kier molecular flexibility index (Phi) is 4.86. The molecule has 7 nitrogen and oxygen atoms in total. The molecular formula is C21H24FN5O2. The Hall–Kier alpha value is -3.16. The number of allylic oxidation sites excluding steroid dienone is 2. The van der Waals surface area contributed by atoms with Gasteiger partial charge in [-0.3, -0.25) is 10.4 Å². The molecule has 1 atom stereocenters. The van der Waals surface area contributed by atoms with Crippen LogP contribution in [-0.2, 0) is 4.74 Å². The zero-order valence-corrected chi connectivity index (χ0v) is 16.7. The van der Waals surface area contributed by atoms with Crippen LogP contribution in [0.5, 0.6) is 0 Å². The maximum atomic E-state index is 13.2. The Morgan fingerprint density at radius 3 is 2.76 bits per heavy atom. The minimum Gasteiger partial charge on any atom is -0.444 e. The summed E-state index contributed by atoms with van der Waals surface area (Å²) in [5, 5.41) is 10.2. The van der Waals surface area contributed by atoms with Gasteiger partial charge in [0.2, 0.25) is 0 Å². The third-order valence-electron chi connectivity index (χ3n) is 4.88. The zero-order valence-electron chi connectivity index (χ0n) is 16.7. The van der Waals surface area contributed by atoms with Crippen LogP contribution in [0.4, 0.5) is 14.9 Å². The molecule has 3 aliphatic heterocycles. The lowest BCUT2D eigenvalue weighted by Crippen LogP contribution is -2.36. The second-order valence-corrected chi connectivity index (χ2v) is 8.24. The summed E-state index contributed by atoms with van der Waals surface area (Å²) in [4.78, 5) is 14.1. The highest BCUT2D eigenvalue weighted by molar-refractivity contribution is 6.20. The summed E-state index contributed by atoms with van der Waals surface area (Å²) in [5.41, 5.74) is 6.23. The monoisotopic (exact) mass is 397 g/mol. The van der Waals surface area contributed by atoms with E-state index in [1.807, 2.05) is 38.1 Å². The number of carbonyl (C=O) groups excluding carboxylic acids is 1. The molecular weight excluding hydrogens is 373 g/mol. The van der Waals surface area contributed by atoms with Crippen molar-refractivity contribution in [2.75, 3.05) is 18.1 Å². The topological polar surface area (TPSA) is 69.5 Å². The van der Waals surface area contributed by atoms with Gasteiger partial charge in [0, 0.05) is 30.8 Å². The van der Waals surface area contributed by atoms with Crippen LogP contribution in [0, 0.1) is 11.7 Å². The molecule has 0 bridgehead atoms. The molecule has 1 fully saturated rings. The Labute approximate surface area is 169 Å². The highest BCUT2D eigenvalue weighted by Gasteiger charge is 2.35. The molecule has 0 saturated carbocycles. The van der Waals surface area contributed by atoms with Crippen LogP contribution in [0.3, 0.4) is 0 Å². The van der Waals surface area contributed by atoms with Gasteiger partial charge in [-0.05, 0) is 57.5 Å². The van der Waals surface area contributed by atoms with E-state index in [2.05, 4.69) is 15.6 Å². The Bertz CT molecular complexity index is 927. The maximum absolute atomic E-state index is 13.2. The van der Waals surface area contributed by atoms with Gasteiger partial charge in [-0.1, -0.05) is 0 Å². The van der Waals surface area contributed by atoms with Crippen LogP contribution in [0.1, 0.15) is 27.2 Å². The van der Waals surface area contributed by atoms with Crippen LogP contribution in [0.15, 0.2) is 58.0 Å². The maximum Gasteiger partial charge on any atom is 0.410 e. The molecule has 0 spiro atoms. The van der Waals surface area contributed by atoms with Gasteiger partial charge in [-0.15, -0.1) is 0 Å². The minimum absolute atomic E-state index is 0.0996. The van der Waals surface area contributed by atoms with Crippen LogP contribution < -0.4 is 10.4 Å². The van der Waals surface area contributed by atoms with E-state index >= 15 is 0 Å². The van der Waals surface area contributed by atoms with Crippen molar-refractivity contribution in [1.29, 1.82) is 0 Å². The van der Waals surface area contributed by atoms with Crippen molar-refractivity contribution < 1.29 is 13.9 Å². The number of hydrogen-bond donors (Lipinski definition) is 1. The van der Waals surface area contributed by atoms with Gasteiger partial charge in [0.15, 0.2) is 0 Å². The molecule has 1 unspecified atom stereocenters. The zero-order chi connectivity index (χ0) is 20.6. The molecule has 1 aromatic rings. The first kappa shape index (κ1) is 19.2. The highest BCUT2D eigenvalue weighted by Crippen LogP contribution is 2.28. The number of nitrogens with zero attached hydrogens (tertiary/aromatic N) is 4. The summed E-state index contributed by atoms with van der Waals surface area (Å²) >= 11 is 0. The van der Waals surface area contributed by atoms with Crippen molar-refractivity contribution >= 4 is 23.7 Å². The van der Waals surface area contributed by atoms with Gasteiger partial charge >= 0.3 is 6.09 Å². The molecule has 3 heterocycles. The molecule has 29 heavy (non-hydrogen) atoms. The SMILES string of the molecule is CC(C)(C)OC(=O)N1CCC(C2=NN=CC2=C2C=CN(c3ccc(F)cc3)N2)C1. The molecule has 8 heteroatoms. The second kappa shape index (κ2) is 7.35. The van der Waals surface area contributed by atoms with Crippen LogP contribution in [0.2, 0.25) is 0 Å². The molecule has 0 aliphatic carbocycles. The van der Waals surface area contributed by atoms with E-state index in [-0.39, 0.29) is 17.8 Å². The number of benzene rings is 1. The largest absolute Gasteiger partial charge is 0.444 e. The van der Waals surface area contributed by atoms with Gasteiger partial charge in [0.05, 0.1) is 23.3 Å². The number of amides is 1. The molecule has 1 N–H and O–H groups in total. The summed E-state index contributed by atoms with van der Waals surface area (Å²) < 4.78 is 18.6. The number of carbonyl (C=O) groups is 1. The van der Waals surface area contributed by atoms with E-state index in [0.717, 1.165) is 29.1 Å². The lowest BCUT2D eigenvalue weighted by atomic mass is 9.95. The molecule has 0 radical (unpaired) electrons. The standard InChI is InChI=1S/C21H24FN5O2/c1-21(2,3)29-20(28)26-10-8-14(13-26)19-17(12-23-24-19)18-9-11-27(25-18)16-6-4-15(22)5-7-16/h4-7,9,11-12,14,25H,8,10,13H2,1-3H3. The summed E-state index contributed by atoms with van der Waals surface area (Å²) in [6.07, 6.45) is 6.05. The van der Waals surface area contributed by atoms with Crippen LogP contribution in [0.25, 0.3) is 0 Å². The van der Waals surface area contributed by atoms with Crippen LogP contribution >= 0.6 is 0 Å². The Balaban J connectivity index is 1.45. The lowest BCUT2D eigenvalue weighted by molar-refractivity contribution is 0.0292. The summed E-state index contributed by atoms with van der Waals surface area (Å²) in [6, 6.07) is 6.24. The molecule has 1 aromatic carbocycles. The lowest BCUT2D eigenvalue weighted by Gasteiger charge is -2.24. The molecule has 1 saturated heterocycles. The molecule has 4 rings (SSSR count). The van der Waals surface area contributed by atoms with Gasteiger partial charge in [-0.2, -0.15) is 10.2 Å². The summed E-state index contributed by atoms with van der Waals surface area (Å²) in [6.45, 7) is 6.77. The number of hydrazine groups is 1. The van der Waals surface area contributed by atoms with Gasteiger partial charge in [-0.25, -0.2) is 9.18 Å². The van der Waals surface area contributed by atoms with E-state index in [1.54, 1.807) is 23.2 Å². The third kappa shape index (κ3) is 4.16. The van der Waals surface area contributed by atoms with E-state index in [9.17, 15) is 9.18 Å².